The third kappa shape index (κ3) is 5.87. The lowest BCUT2D eigenvalue weighted by atomic mass is 10.1. The predicted molar refractivity (Wildman–Crippen MR) is 96.4 cm³/mol. The zero-order chi connectivity index (χ0) is 16.8. The van der Waals surface area contributed by atoms with Crippen LogP contribution >= 0.6 is 23.2 Å². The summed E-state index contributed by atoms with van der Waals surface area (Å²) in [5.41, 5.74) is 1.12. The molecule has 1 fully saturated rings. The zero-order valence-electron chi connectivity index (χ0n) is 13.8. The first-order valence-electron chi connectivity index (χ1n) is 8.14. The fraction of sp³-hybridized carbons (Fsp3) is 0.588. The van der Waals surface area contributed by atoms with Gasteiger partial charge in [-0.1, -0.05) is 43.1 Å². The van der Waals surface area contributed by atoms with Gasteiger partial charge in [-0.15, -0.1) is 0 Å². The minimum absolute atomic E-state index is 0.0547. The quantitative estimate of drug-likeness (QED) is 0.874. The molecule has 4 nitrogen and oxygen atoms in total. The lowest BCUT2D eigenvalue weighted by molar-refractivity contribution is 0.139. The molecule has 0 spiro atoms. The van der Waals surface area contributed by atoms with E-state index in [0.29, 0.717) is 10.9 Å². The largest absolute Gasteiger partial charge is 0.338 e. The van der Waals surface area contributed by atoms with Gasteiger partial charge >= 0.3 is 6.03 Å². The molecule has 0 radical (unpaired) electrons. The van der Waals surface area contributed by atoms with Crippen molar-refractivity contribution in [1.29, 1.82) is 0 Å². The highest BCUT2D eigenvalue weighted by atomic mass is 35.5. The Balaban J connectivity index is 1.73. The molecule has 2 amide bonds. The fourth-order valence-electron chi connectivity index (χ4n) is 2.58. The van der Waals surface area contributed by atoms with Gasteiger partial charge in [0.1, 0.15) is 0 Å². The van der Waals surface area contributed by atoms with Crippen molar-refractivity contribution in [2.75, 3.05) is 39.3 Å². The lowest BCUT2D eigenvalue weighted by Crippen LogP contribution is -2.52. The molecule has 1 heterocycles. The SMILES string of the molecule is CC(C)CNC(=O)N1CCN(CCc2ccc(Cl)cc2Cl)CC1. The van der Waals surface area contributed by atoms with Crippen molar-refractivity contribution in [1.82, 2.24) is 15.1 Å². The van der Waals surface area contributed by atoms with Gasteiger partial charge in [0.2, 0.25) is 0 Å². The number of nitrogens with one attached hydrogen (secondary N) is 1. The highest BCUT2D eigenvalue weighted by Gasteiger charge is 2.20. The van der Waals surface area contributed by atoms with Gasteiger partial charge < -0.3 is 10.2 Å². The predicted octanol–water partition coefficient (Wildman–Crippen LogP) is 3.52. The molecule has 0 unspecified atom stereocenters. The minimum Gasteiger partial charge on any atom is -0.338 e. The van der Waals surface area contributed by atoms with Crippen molar-refractivity contribution in [2.24, 2.45) is 5.92 Å². The van der Waals surface area contributed by atoms with Gasteiger partial charge in [-0.25, -0.2) is 4.79 Å². The average molecular weight is 358 g/mol. The van der Waals surface area contributed by atoms with Crippen LogP contribution in [0.25, 0.3) is 0 Å². The Labute approximate surface area is 148 Å². The summed E-state index contributed by atoms with van der Waals surface area (Å²) in [5, 5.41) is 4.37. The number of carbonyl (C=O) groups excluding carboxylic acids is 1. The van der Waals surface area contributed by atoms with Crippen molar-refractivity contribution < 1.29 is 4.79 Å². The van der Waals surface area contributed by atoms with Gasteiger partial charge in [0.15, 0.2) is 0 Å². The topological polar surface area (TPSA) is 35.6 Å². The third-order valence-electron chi connectivity index (χ3n) is 4.03. The first-order chi connectivity index (χ1) is 11.0. The number of rotatable bonds is 5. The van der Waals surface area contributed by atoms with E-state index in [4.69, 9.17) is 23.2 Å². The molecule has 1 N–H and O–H groups in total. The molecule has 1 saturated heterocycles. The van der Waals surface area contributed by atoms with Crippen molar-refractivity contribution in [2.45, 2.75) is 20.3 Å². The first-order valence-corrected chi connectivity index (χ1v) is 8.90. The smallest absolute Gasteiger partial charge is 0.317 e. The molecule has 2 rings (SSSR count). The Bertz CT molecular complexity index is 529. The number of halogens is 2. The lowest BCUT2D eigenvalue weighted by Gasteiger charge is -2.34. The maximum absolute atomic E-state index is 12.0. The minimum atomic E-state index is 0.0547. The Morgan fingerprint density at radius 3 is 2.52 bits per heavy atom. The first kappa shape index (κ1) is 18.4. The molecular formula is C17H25Cl2N3O. The van der Waals surface area contributed by atoms with Crippen LogP contribution in [-0.2, 0) is 6.42 Å². The zero-order valence-corrected chi connectivity index (χ0v) is 15.3. The second-order valence-corrected chi connectivity index (χ2v) is 7.24. The Morgan fingerprint density at radius 2 is 1.91 bits per heavy atom. The number of benzene rings is 1. The molecular weight excluding hydrogens is 333 g/mol. The third-order valence-corrected chi connectivity index (χ3v) is 4.62. The van der Waals surface area contributed by atoms with Crippen molar-refractivity contribution in [3.8, 4) is 0 Å². The molecule has 0 bridgehead atoms. The van der Waals surface area contributed by atoms with Crippen LogP contribution in [0.3, 0.4) is 0 Å². The molecule has 0 aliphatic carbocycles. The van der Waals surface area contributed by atoms with E-state index in [9.17, 15) is 4.79 Å². The number of hydrogen-bond donors (Lipinski definition) is 1. The number of urea groups is 1. The van der Waals surface area contributed by atoms with Gasteiger partial charge in [-0.3, -0.25) is 4.90 Å². The number of hydrogen-bond acceptors (Lipinski definition) is 2. The van der Waals surface area contributed by atoms with Crippen molar-refractivity contribution >= 4 is 29.2 Å². The molecule has 128 valence electrons. The maximum atomic E-state index is 12.0. The van der Waals surface area contributed by atoms with E-state index in [-0.39, 0.29) is 6.03 Å². The molecule has 1 aromatic rings. The summed E-state index contributed by atoms with van der Waals surface area (Å²) < 4.78 is 0. The molecule has 23 heavy (non-hydrogen) atoms. The van der Waals surface area contributed by atoms with Crippen LogP contribution in [0.4, 0.5) is 4.79 Å². The number of carbonyl (C=O) groups is 1. The summed E-state index contributed by atoms with van der Waals surface area (Å²) >= 11 is 12.1. The van der Waals surface area contributed by atoms with E-state index >= 15 is 0 Å². The normalized spacial score (nSPS) is 16.0. The van der Waals surface area contributed by atoms with E-state index in [1.807, 2.05) is 17.0 Å². The maximum Gasteiger partial charge on any atom is 0.317 e. The summed E-state index contributed by atoms with van der Waals surface area (Å²) in [4.78, 5) is 16.3. The summed E-state index contributed by atoms with van der Waals surface area (Å²) in [7, 11) is 0. The summed E-state index contributed by atoms with van der Waals surface area (Å²) in [6.07, 6.45) is 0.898. The average Bonchev–Trinajstić information content (AvgIpc) is 2.52. The van der Waals surface area contributed by atoms with Crippen molar-refractivity contribution in [3.63, 3.8) is 0 Å². The van der Waals surface area contributed by atoms with Gasteiger partial charge in [-0.05, 0) is 30.0 Å². The molecule has 1 aliphatic heterocycles. The number of nitrogens with zero attached hydrogens (tertiary/aromatic N) is 2. The molecule has 0 aromatic heterocycles. The van der Waals surface area contributed by atoms with Crippen LogP contribution in [0.5, 0.6) is 0 Å². The van der Waals surface area contributed by atoms with Crippen LogP contribution < -0.4 is 5.32 Å². The van der Waals surface area contributed by atoms with E-state index < -0.39 is 0 Å². The monoisotopic (exact) mass is 357 g/mol. The highest BCUT2D eigenvalue weighted by molar-refractivity contribution is 6.35. The summed E-state index contributed by atoms with van der Waals surface area (Å²) in [6, 6.07) is 5.70. The number of piperazine rings is 1. The van der Waals surface area contributed by atoms with E-state index in [1.165, 1.54) is 0 Å². The standard InChI is InChI=1S/C17H25Cl2N3O/c1-13(2)12-20-17(23)22-9-7-21(8-10-22)6-5-14-3-4-15(18)11-16(14)19/h3-4,11,13H,5-10,12H2,1-2H3,(H,20,23). The van der Waals surface area contributed by atoms with Crippen LogP contribution in [0.15, 0.2) is 18.2 Å². The fourth-order valence-corrected chi connectivity index (χ4v) is 3.08. The van der Waals surface area contributed by atoms with Gasteiger partial charge in [0, 0.05) is 49.3 Å². The van der Waals surface area contributed by atoms with Gasteiger partial charge in [-0.2, -0.15) is 0 Å². The molecule has 1 aromatic carbocycles. The molecule has 1 aliphatic rings. The van der Waals surface area contributed by atoms with Crippen LogP contribution in [0, 0.1) is 5.92 Å². The van der Waals surface area contributed by atoms with Crippen LogP contribution in [0.2, 0.25) is 10.0 Å². The second kappa shape index (κ2) is 8.76. The molecule has 0 atom stereocenters. The molecule has 6 heteroatoms. The summed E-state index contributed by atoms with van der Waals surface area (Å²) in [5.74, 6) is 0.476. The Morgan fingerprint density at radius 1 is 1.22 bits per heavy atom. The summed E-state index contributed by atoms with van der Waals surface area (Å²) in [6.45, 7) is 9.23. The van der Waals surface area contributed by atoms with Gasteiger partial charge in [0.05, 0.1) is 0 Å². The van der Waals surface area contributed by atoms with E-state index in [2.05, 4.69) is 24.1 Å². The van der Waals surface area contributed by atoms with Crippen molar-refractivity contribution in [3.05, 3.63) is 33.8 Å². The Kier molecular flexibility index (Phi) is 7.00. The van der Waals surface area contributed by atoms with Gasteiger partial charge in [0.25, 0.3) is 0 Å². The molecule has 0 saturated carbocycles. The number of amides is 2. The highest BCUT2D eigenvalue weighted by Crippen LogP contribution is 2.21. The van der Waals surface area contributed by atoms with Crippen LogP contribution in [-0.4, -0.2) is 55.1 Å². The van der Waals surface area contributed by atoms with E-state index in [0.717, 1.165) is 56.3 Å². The Hall–Kier alpha value is -0.970. The second-order valence-electron chi connectivity index (χ2n) is 6.39. The van der Waals surface area contributed by atoms with Crippen LogP contribution in [0.1, 0.15) is 19.4 Å². The van der Waals surface area contributed by atoms with E-state index in [1.54, 1.807) is 6.07 Å².